The monoisotopic (exact) mass is 237 g/mol. The summed E-state index contributed by atoms with van der Waals surface area (Å²) in [6.45, 7) is -1.20. The molecule has 1 rings (SSSR count). The second kappa shape index (κ2) is 3.45. The zero-order chi connectivity index (χ0) is 9.19. The number of aliphatic hydroxyl groups is 1. The summed E-state index contributed by atoms with van der Waals surface area (Å²) in [6, 6.07) is 1.23. The van der Waals surface area contributed by atoms with E-state index in [0.29, 0.717) is 4.47 Å². The van der Waals surface area contributed by atoms with Crippen LogP contribution in [0, 0.1) is 0 Å². The molecule has 0 unspecified atom stereocenters. The number of hydrogen-bond acceptors (Lipinski definition) is 2. The molecule has 0 bridgehead atoms. The van der Waals surface area contributed by atoms with Crippen molar-refractivity contribution < 1.29 is 13.9 Å². The van der Waals surface area contributed by atoms with Crippen molar-refractivity contribution in [3.63, 3.8) is 0 Å². The first-order chi connectivity index (χ1) is 5.56. The van der Waals surface area contributed by atoms with Crippen LogP contribution in [0.5, 0.6) is 0 Å². The van der Waals surface area contributed by atoms with Crippen molar-refractivity contribution in [3.05, 3.63) is 28.5 Å². The third-order valence-electron chi connectivity index (χ3n) is 1.33. The molecule has 0 saturated heterocycles. The van der Waals surface area contributed by atoms with Crippen molar-refractivity contribution in [1.29, 1.82) is 0 Å². The third kappa shape index (κ3) is 1.98. The maximum absolute atomic E-state index is 12.8. The number of nitrogens with zero attached hydrogens (tertiary/aromatic N) is 1. The van der Waals surface area contributed by atoms with Crippen LogP contribution < -0.4 is 0 Å². The van der Waals surface area contributed by atoms with Gasteiger partial charge < -0.3 is 5.11 Å². The molecule has 0 aliphatic rings. The highest BCUT2D eigenvalue weighted by atomic mass is 79.9. The summed E-state index contributed by atoms with van der Waals surface area (Å²) in [6.07, 6.45) is 2.43. The normalized spacial score (nSPS) is 11.7. The standard InChI is InChI=1S/C7H6BrF2NO/c8-6-1-5(2-11-3-6)7(9,10)4-12/h1-3,12H,4H2. The fraction of sp³-hybridized carbons (Fsp3) is 0.286. The molecule has 0 aromatic carbocycles. The van der Waals surface area contributed by atoms with Crippen molar-refractivity contribution >= 4 is 15.9 Å². The van der Waals surface area contributed by atoms with Crippen LogP contribution >= 0.6 is 15.9 Å². The SMILES string of the molecule is OCC(F)(F)c1cncc(Br)c1. The van der Waals surface area contributed by atoms with E-state index in [1.165, 1.54) is 12.3 Å². The van der Waals surface area contributed by atoms with Gasteiger partial charge in [-0.15, -0.1) is 0 Å². The minimum atomic E-state index is -3.21. The molecule has 0 aliphatic carbocycles. The third-order valence-corrected chi connectivity index (χ3v) is 1.76. The van der Waals surface area contributed by atoms with E-state index in [4.69, 9.17) is 5.11 Å². The summed E-state index contributed by atoms with van der Waals surface area (Å²) in [7, 11) is 0. The van der Waals surface area contributed by atoms with Gasteiger partial charge in [0.25, 0.3) is 5.92 Å². The second-order valence-corrected chi connectivity index (χ2v) is 3.17. The van der Waals surface area contributed by atoms with Crippen LogP contribution in [0.3, 0.4) is 0 Å². The second-order valence-electron chi connectivity index (χ2n) is 2.25. The van der Waals surface area contributed by atoms with Crippen LogP contribution in [0.15, 0.2) is 22.9 Å². The van der Waals surface area contributed by atoms with Crippen molar-refractivity contribution in [2.24, 2.45) is 0 Å². The number of halogens is 3. The molecule has 0 radical (unpaired) electrons. The molecule has 0 atom stereocenters. The molecule has 0 amide bonds. The first-order valence-corrected chi connectivity index (χ1v) is 3.95. The Morgan fingerprint density at radius 3 is 2.67 bits per heavy atom. The molecule has 66 valence electrons. The number of alkyl halides is 2. The molecule has 1 N–H and O–H groups in total. The van der Waals surface area contributed by atoms with E-state index in [1.807, 2.05) is 0 Å². The molecule has 0 saturated carbocycles. The van der Waals surface area contributed by atoms with Crippen LogP contribution in [0.4, 0.5) is 8.78 Å². The highest BCUT2D eigenvalue weighted by Gasteiger charge is 2.30. The van der Waals surface area contributed by atoms with Crippen molar-refractivity contribution in [2.75, 3.05) is 6.61 Å². The van der Waals surface area contributed by atoms with Crippen LogP contribution in [0.1, 0.15) is 5.56 Å². The van der Waals surface area contributed by atoms with Gasteiger partial charge in [0.2, 0.25) is 0 Å². The molecule has 2 nitrogen and oxygen atoms in total. The summed E-state index contributed by atoms with van der Waals surface area (Å²) in [5, 5.41) is 8.35. The number of hydrogen-bond donors (Lipinski definition) is 1. The Labute approximate surface area is 76.4 Å². The summed E-state index contributed by atoms with van der Waals surface area (Å²) in [5.41, 5.74) is -0.292. The van der Waals surface area contributed by atoms with Crippen molar-refractivity contribution in [2.45, 2.75) is 5.92 Å². The van der Waals surface area contributed by atoms with Crippen LogP contribution in [0.25, 0.3) is 0 Å². The van der Waals surface area contributed by atoms with Crippen LogP contribution in [0.2, 0.25) is 0 Å². The van der Waals surface area contributed by atoms with Gasteiger partial charge in [-0.3, -0.25) is 4.98 Å². The Kier molecular flexibility index (Phi) is 2.74. The number of pyridine rings is 1. The zero-order valence-corrected chi connectivity index (χ0v) is 7.55. The molecule has 1 aromatic heterocycles. The maximum atomic E-state index is 12.8. The smallest absolute Gasteiger partial charge is 0.297 e. The lowest BCUT2D eigenvalue weighted by atomic mass is 10.2. The highest BCUT2D eigenvalue weighted by Crippen LogP contribution is 2.27. The molecule has 1 heterocycles. The van der Waals surface area contributed by atoms with Gasteiger partial charge in [0, 0.05) is 22.4 Å². The molecule has 12 heavy (non-hydrogen) atoms. The predicted molar refractivity (Wildman–Crippen MR) is 42.9 cm³/mol. The lowest BCUT2D eigenvalue weighted by Gasteiger charge is -2.12. The van der Waals surface area contributed by atoms with Crippen molar-refractivity contribution in [1.82, 2.24) is 4.98 Å². The van der Waals surface area contributed by atoms with E-state index in [1.54, 1.807) is 0 Å². The van der Waals surface area contributed by atoms with Crippen molar-refractivity contribution in [3.8, 4) is 0 Å². The van der Waals surface area contributed by atoms with E-state index < -0.39 is 12.5 Å². The molecule has 5 heteroatoms. The Balaban J connectivity index is 3.03. The van der Waals surface area contributed by atoms with Gasteiger partial charge in [0.1, 0.15) is 6.61 Å². The van der Waals surface area contributed by atoms with Gasteiger partial charge in [-0.25, -0.2) is 0 Å². The van der Waals surface area contributed by atoms with Gasteiger partial charge in [-0.2, -0.15) is 8.78 Å². The van der Waals surface area contributed by atoms with E-state index in [9.17, 15) is 8.78 Å². The summed E-state index contributed by atoms with van der Waals surface area (Å²) in [5.74, 6) is -3.21. The van der Waals surface area contributed by atoms with E-state index >= 15 is 0 Å². The largest absolute Gasteiger partial charge is 0.390 e. The fourth-order valence-corrected chi connectivity index (χ4v) is 1.07. The van der Waals surface area contributed by atoms with E-state index in [0.717, 1.165) is 6.20 Å². The summed E-state index contributed by atoms with van der Waals surface area (Å²) in [4.78, 5) is 3.56. The number of aromatic nitrogens is 1. The molecule has 0 fully saturated rings. The fourth-order valence-electron chi connectivity index (χ4n) is 0.703. The maximum Gasteiger partial charge on any atom is 0.297 e. The quantitative estimate of drug-likeness (QED) is 0.853. The van der Waals surface area contributed by atoms with Gasteiger partial charge in [0.15, 0.2) is 0 Å². The average Bonchev–Trinajstić information content (AvgIpc) is 2.05. The highest BCUT2D eigenvalue weighted by molar-refractivity contribution is 9.10. The van der Waals surface area contributed by atoms with E-state index in [-0.39, 0.29) is 5.56 Å². The first-order valence-electron chi connectivity index (χ1n) is 3.16. The Hall–Kier alpha value is -0.550. The summed E-state index contributed by atoms with van der Waals surface area (Å²) < 4.78 is 26.0. The summed E-state index contributed by atoms with van der Waals surface area (Å²) >= 11 is 3.01. The average molecular weight is 238 g/mol. The predicted octanol–water partition coefficient (Wildman–Crippen LogP) is 1.93. The molecule has 0 spiro atoms. The number of rotatable bonds is 2. The minimum Gasteiger partial charge on any atom is -0.390 e. The van der Waals surface area contributed by atoms with Gasteiger partial charge in [-0.05, 0) is 22.0 Å². The minimum absolute atomic E-state index is 0.292. The molecule has 1 aromatic rings. The van der Waals surface area contributed by atoms with E-state index in [2.05, 4.69) is 20.9 Å². The van der Waals surface area contributed by atoms with Gasteiger partial charge in [-0.1, -0.05) is 0 Å². The molecular weight excluding hydrogens is 232 g/mol. The number of aliphatic hydroxyl groups excluding tert-OH is 1. The Morgan fingerprint density at radius 2 is 2.17 bits per heavy atom. The van der Waals surface area contributed by atoms with Crippen LogP contribution in [-0.2, 0) is 5.92 Å². The zero-order valence-electron chi connectivity index (χ0n) is 5.97. The lowest BCUT2D eigenvalue weighted by Crippen LogP contribution is -2.18. The van der Waals surface area contributed by atoms with Gasteiger partial charge in [0.05, 0.1) is 0 Å². The van der Waals surface area contributed by atoms with Crippen LogP contribution in [-0.4, -0.2) is 16.7 Å². The molecule has 0 aliphatic heterocycles. The van der Waals surface area contributed by atoms with Gasteiger partial charge >= 0.3 is 0 Å². The Morgan fingerprint density at radius 1 is 1.50 bits per heavy atom. The first kappa shape index (κ1) is 9.54. The Bertz CT molecular complexity index is 280. The topological polar surface area (TPSA) is 33.1 Å². The lowest BCUT2D eigenvalue weighted by molar-refractivity contribution is -0.0559. The molecular formula is C7H6BrF2NO.